The van der Waals surface area contributed by atoms with Crippen LogP contribution in [0.25, 0.3) is 11.3 Å². The van der Waals surface area contributed by atoms with Gasteiger partial charge in [0.25, 0.3) is 5.56 Å². The molecule has 144 valence electrons. The van der Waals surface area contributed by atoms with E-state index in [1.807, 2.05) is 31.2 Å². The van der Waals surface area contributed by atoms with Gasteiger partial charge in [0, 0.05) is 16.7 Å². The molecule has 28 heavy (non-hydrogen) atoms. The molecule has 0 spiro atoms. The van der Waals surface area contributed by atoms with Crippen molar-refractivity contribution in [3.8, 4) is 17.0 Å². The lowest BCUT2D eigenvalue weighted by atomic mass is 10.1. The Bertz CT molecular complexity index is 1050. The fourth-order valence-electron chi connectivity index (χ4n) is 2.52. The maximum atomic E-state index is 12.3. The van der Waals surface area contributed by atoms with Crippen LogP contribution in [0.3, 0.4) is 0 Å². The van der Waals surface area contributed by atoms with Crippen LogP contribution in [0.2, 0.25) is 10.0 Å². The minimum Gasteiger partial charge on any atom is -0.494 e. The van der Waals surface area contributed by atoms with E-state index in [1.54, 1.807) is 18.2 Å². The average Bonchev–Trinajstić information content (AvgIpc) is 2.67. The summed E-state index contributed by atoms with van der Waals surface area (Å²) in [5, 5.41) is 7.70. The SMILES string of the molecule is CCOc1ccc(-c2ccc(=O)n(CC(=O)Nc3ccc(Cl)cc3Cl)n2)cc1. The maximum Gasteiger partial charge on any atom is 0.267 e. The monoisotopic (exact) mass is 417 g/mol. The van der Waals surface area contributed by atoms with E-state index in [1.165, 1.54) is 12.1 Å². The van der Waals surface area contributed by atoms with E-state index in [2.05, 4.69) is 10.4 Å². The summed E-state index contributed by atoms with van der Waals surface area (Å²) in [6.45, 7) is 2.24. The number of hydrogen-bond donors (Lipinski definition) is 1. The van der Waals surface area contributed by atoms with Gasteiger partial charge in [-0.05, 0) is 55.5 Å². The number of hydrogen-bond acceptors (Lipinski definition) is 4. The highest BCUT2D eigenvalue weighted by molar-refractivity contribution is 6.36. The Morgan fingerprint density at radius 3 is 2.54 bits per heavy atom. The summed E-state index contributed by atoms with van der Waals surface area (Å²) < 4.78 is 6.52. The van der Waals surface area contributed by atoms with Crippen LogP contribution in [0.4, 0.5) is 5.69 Å². The van der Waals surface area contributed by atoms with Crippen LogP contribution in [0.1, 0.15) is 6.92 Å². The number of aromatic nitrogens is 2. The molecule has 6 nitrogen and oxygen atoms in total. The van der Waals surface area contributed by atoms with Crippen molar-refractivity contribution in [3.63, 3.8) is 0 Å². The van der Waals surface area contributed by atoms with Crippen molar-refractivity contribution < 1.29 is 9.53 Å². The molecule has 1 heterocycles. The zero-order valence-corrected chi connectivity index (χ0v) is 16.5. The van der Waals surface area contributed by atoms with Gasteiger partial charge in [0.1, 0.15) is 12.3 Å². The molecule has 0 fully saturated rings. The third-order valence-corrected chi connectivity index (χ3v) is 4.37. The number of nitrogens with one attached hydrogen (secondary N) is 1. The van der Waals surface area contributed by atoms with Crippen molar-refractivity contribution in [2.24, 2.45) is 0 Å². The van der Waals surface area contributed by atoms with Crippen LogP contribution < -0.4 is 15.6 Å². The van der Waals surface area contributed by atoms with Crippen molar-refractivity contribution in [2.45, 2.75) is 13.5 Å². The van der Waals surface area contributed by atoms with Crippen LogP contribution in [0, 0.1) is 0 Å². The van der Waals surface area contributed by atoms with Gasteiger partial charge in [-0.15, -0.1) is 0 Å². The lowest BCUT2D eigenvalue weighted by molar-refractivity contribution is -0.117. The minimum absolute atomic E-state index is 0.247. The van der Waals surface area contributed by atoms with Gasteiger partial charge in [0.2, 0.25) is 5.91 Å². The normalized spacial score (nSPS) is 10.5. The molecular weight excluding hydrogens is 401 g/mol. The van der Waals surface area contributed by atoms with Gasteiger partial charge in [-0.1, -0.05) is 23.2 Å². The zero-order chi connectivity index (χ0) is 20.1. The molecule has 0 radical (unpaired) electrons. The Balaban J connectivity index is 1.77. The van der Waals surface area contributed by atoms with Gasteiger partial charge < -0.3 is 10.1 Å². The fourth-order valence-corrected chi connectivity index (χ4v) is 2.98. The Labute approximate surface area is 171 Å². The third-order valence-electron chi connectivity index (χ3n) is 3.83. The topological polar surface area (TPSA) is 73.2 Å². The lowest BCUT2D eigenvalue weighted by Crippen LogP contribution is -2.29. The Hall–Kier alpha value is -2.83. The Kier molecular flexibility index (Phi) is 6.34. The van der Waals surface area contributed by atoms with E-state index >= 15 is 0 Å². The summed E-state index contributed by atoms with van der Waals surface area (Å²) in [4.78, 5) is 24.4. The number of nitrogens with zero attached hydrogens (tertiary/aromatic N) is 2. The van der Waals surface area contributed by atoms with E-state index in [0.717, 1.165) is 16.0 Å². The van der Waals surface area contributed by atoms with Crippen LogP contribution in [0.5, 0.6) is 5.75 Å². The van der Waals surface area contributed by atoms with E-state index in [0.29, 0.717) is 28.0 Å². The van der Waals surface area contributed by atoms with Crippen molar-refractivity contribution in [2.75, 3.05) is 11.9 Å². The Morgan fingerprint density at radius 2 is 1.86 bits per heavy atom. The summed E-state index contributed by atoms with van der Waals surface area (Å²) in [7, 11) is 0. The van der Waals surface area contributed by atoms with Gasteiger partial charge in [-0.25, -0.2) is 4.68 Å². The second-order valence-corrected chi connectivity index (χ2v) is 6.69. The van der Waals surface area contributed by atoms with Crippen LogP contribution in [0.15, 0.2) is 59.4 Å². The molecule has 0 unspecified atom stereocenters. The molecule has 0 aliphatic rings. The molecule has 3 rings (SSSR count). The summed E-state index contributed by atoms with van der Waals surface area (Å²) in [5.74, 6) is 0.321. The van der Waals surface area contributed by atoms with Gasteiger partial charge in [0.15, 0.2) is 0 Å². The molecule has 0 bridgehead atoms. The molecule has 1 N–H and O–H groups in total. The Morgan fingerprint density at radius 1 is 1.11 bits per heavy atom. The predicted molar refractivity (Wildman–Crippen MR) is 110 cm³/mol. The lowest BCUT2D eigenvalue weighted by Gasteiger charge is -2.10. The first-order valence-corrected chi connectivity index (χ1v) is 9.28. The van der Waals surface area contributed by atoms with Crippen molar-refractivity contribution >= 4 is 34.8 Å². The van der Waals surface area contributed by atoms with Gasteiger partial charge >= 0.3 is 0 Å². The highest BCUT2D eigenvalue weighted by Gasteiger charge is 2.10. The summed E-state index contributed by atoms with van der Waals surface area (Å²) in [6.07, 6.45) is 0. The number of amides is 1. The van der Waals surface area contributed by atoms with Crippen molar-refractivity contribution in [3.05, 3.63) is 75.0 Å². The molecule has 0 saturated heterocycles. The molecule has 0 aliphatic carbocycles. The minimum atomic E-state index is -0.428. The second-order valence-electron chi connectivity index (χ2n) is 5.84. The molecule has 8 heteroatoms. The van der Waals surface area contributed by atoms with Crippen molar-refractivity contribution in [1.29, 1.82) is 0 Å². The smallest absolute Gasteiger partial charge is 0.267 e. The maximum absolute atomic E-state index is 12.3. The highest BCUT2D eigenvalue weighted by Crippen LogP contribution is 2.25. The summed E-state index contributed by atoms with van der Waals surface area (Å²) in [5.41, 5.74) is 1.40. The zero-order valence-electron chi connectivity index (χ0n) is 15.0. The number of anilines is 1. The summed E-state index contributed by atoms with van der Waals surface area (Å²) >= 11 is 11.9. The molecular formula is C20H17Cl2N3O3. The van der Waals surface area contributed by atoms with Gasteiger partial charge in [0.05, 0.1) is 23.0 Å². The van der Waals surface area contributed by atoms with E-state index in [9.17, 15) is 9.59 Å². The molecule has 1 aromatic heterocycles. The molecule has 1 amide bonds. The van der Waals surface area contributed by atoms with Crippen LogP contribution in [-0.4, -0.2) is 22.3 Å². The molecule has 0 aliphatic heterocycles. The number of ether oxygens (including phenoxy) is 1. The number of rotatable bonds is 6. The number of carbonyl (C=O) groups is 1. The average molecular weight is 418 g/mol. The number of benzene rings is 2. The first-order valence-electron chi connectivity index (χ1n) is 8.52. The second kappa shape index (κ2) is 8.91. The largest absolute Gasteiger partial charge is 0.494 e. The standard InChI is InChI=1S/C20H17Cl2N3O3/c1-2-28-15-6-3-13(4-7-15)17-9-10-20(27)25(24-17)12-19(26)23-18-8-5-14(21)11-16(18)22/h3-11H,2,12H2,1H3,(H,23,26). The fraction of sp³-hybridized carbons (Fsp3) is 0.150. The number of halogens is 2. The first-order chi connectivity index (χ1) is 13.5. The third kappa shape index (κ3) is 4.91. The molecule has 0 saturated carbocycles. The number of carbonyl (C=O) groups excluding carboxylic acids is 1. The molecule has 3 aromatic rings. The summed E-state index contributed by atoms with van der Waals surface area (Å²) in [6, 6.07) is 15.1. The molecule has 0 atom stereocenters. The molecule has 2 aromatic carbocycles. The predicted octanol–water partition coefficient (Wildman–Crippen LogP) is 4.25. The highest BCUT2D eigenvalue weighted by atomic mass is 35.5. The van der Waals surface area contributed by atoms with Crippen molar-refractivity contribution in [1.82, 2.24) is 9.78 Å². The van der Waals surface area contributed by atoms with E-state index in [-0.39, 0.29) is 12.1 Å². The van der Waals surface area contributed by atoms with Crippen LogP contribution >= 0.6 is 23.2 Å². The van der Waals surface area contributed by atoms with E-state index in [4.69, 9.17) is 27.9 Å². The quantitative estimate of drug-likeness (QED) is 0.650. The van der Waals surface area contributed by atoms with Gasteiger partial charge in [-0.2, -0.15) is 5.10 Å². The van der Waals surface area contributed by atoms with Crippen LogP contribution in [-0.2, 0) is 11.3 Å². The first kappa shape index (κ1) is 19.9. The van der Waals surface area contributed by atoms with E-state index < -0.39 is 5.91 Å². The van der Waals surface area contributed by atoms with Gasteiger partial charge in [-0.3, -0.25) is 9.59 Å².